The van der Waals surface area contributed by atoms with Crippen LogP contribution in [-0.2, 0) is 0 Å². The SMILES string of the molecule is O=C(Nc1ccccc1[N+](=O)[O-])c1ccc(OCCOc2ccccc2)c(Br)c1. The Morgan fingerprint density at radius 2 is 1.66 bits per heavy atom. The highest BCUT2D eigenvalue weighted by Crippen LogP contribution is 2.28. The first-order valence-electron chi connectivity index (χ1n) is 8.69. The number of ether oxygens (including phenoxy) is 2. The van der Waals surface area contributed by atoms with Gasteiger partial charge in [-0.05, 0) is 52.3 Å². The molecule has 1 N–H and O–H groups in total. The average Bonchev–Trinajstić information content (AvgIpc) is 2.73. The molecule has 7 nitrogen and oxygen atoms in total. The van der Waals surface area contributed by atoms with Gasteiger partial charge in [-0.25, -0.2) is 0 Å². The first kappa shape index (κ1) is 20.3. The molecule has 0 aromatic heterocycles. The molecule has 3 aromatic rings. The Bertz CT molecular complexity index is 1010. The zero-order valence-corrected chi connectivity index (χ0v) is 16.8. The lowest BCUT2D eigenvalue weighted by atomic mass is 10.2. The first-order chi connectivity index (χ1) is 14.0. The third-order valence-electron chi connectivity index (χ3n) is 3.90. The Hall–Kier alpha value is -3.39. The molecule has 0 atom stereocenters. The fourth-order valence-corrected chi connectivity index (χ4v) is 3.01. The number of halogens is 1. The summed E-state index contributed by atoms with van der Waals surface area (Å²) >= 11 is 3.38. The molecule has 0 fully saturated rings. The maximum Gasteiger partial charge on any atom is 0.292 e. The molecule has 0 heterocycles. The molecule has 0 spiro atoms. The van der Waals surface area contributed by atoms with Gasteiger partial charge in [0.1, 0.15) is 30.4 Å². The van der Waals surface area contributed by atoms with Gasteiger partial charge in [-0.2, -0.15) is 0 Å². The number of nitro benzene ring substituents is 1. The number of benzene rings is 3. The fraction of sp³-hybridized carbons (Fsp3) is 0.0952. The van der Waals surface area contributed by atoms with Crippen molar-refractivity contribution in [3.63, 3.8) is 0 Å². The quantitative estimate of drug-likeness (QED) is 0.290. The number of nitro groups is 1. The molecule has 0 radical (unpaired) electrons. The van der Waals surface area contributed by atoms with Crippen LogP contribution in [0.15, 0.2) is 77.3 Å². The normalized spacial score (nSPS) is 10.2. The summed E-state index contributed by atoms with van der Waals surface area (Å²) in [5.41, 5.74) is 0.304. The van der Waals surface area contributed by atoms with Crippen LogP contribution in [0.1, 0.15) is 10.4 Å². The molecular weight excluding hydrogens is 440 g/mol. The second-order valence-electron chi connectivity index (χ2n) is 5.88. The van der Waals surface area contributed by atoms with Crippen molar-refractivity contribution < 1.29 is 19.2 Å². The zero-order chi connectivity index (χ0) is 20.6. The highest BCUT2D eigenvalue weighted by Gasteiger charge is 2.16. The van der Waals surface area contributed by atoms with Gasteiger partial charge in [0.05, 0.1) is 9.40 Å². The highest BCUT2D eigenvalue weighted by molar-refractivity contribution is 9.10. The van der Waals surface area contributed by atoms with E-state index in [9.17, 15) is 14.9 Å². The predicted molar refractivity (Wildman–Crippen MR) is 113 cm³/mol. The average molecular weight is 457 g/mol. The molecule has 0 bridgehead atoms. The van der Waals surface area contributed by atoms with Crippen LogP contribution < -0.4 is 14.8 Å². The molecule has 0 saturated carbocycles. The van der Waals surface area contributed by atoms with E-state index in [4.69, 9.17) is 9.47 Å². The van der Waals surface area contributed by atoms with Crippen LogP contribution in [0.2, 0.25) is 0 Å². The van der Waals surface area contributed by atoms with Crippen LogP contribution in [0.4, 0.5) is 11.4 Å². The molecule has 1 amide bonds. The molecule has 0 aliphatic carbocycles. The number of anilines is 1. The van der Waals surface area contributed by atoms with E-state index >= 15 is 0 Å². The monoisotopic (exact) mass is 456 g/mol. The topological polar surface area (TPSA) is 90.7 Å². The standard InChI is InChI=1S/C21H17BrN2O5/c22-17-14-15(21(25)23-18-8-4-5-9-19(18)24(26)27)10-11-20(17)29-13-12-28-16-6-2-1-3-7-16/h1-11,14H,12-13H2,(H,23,25). The smallest absolute Gasteiger partial charge is 0.292 e. The lowest BCUT2D eigenvalue weighted by Crippen LogP contribution is -2.13. The number of rotatable bonds is 8. The summed E-state index contributed by atoms with van der Waals surface area (Å²) in [6, 6.07) is 20.2. The summed E-state index contributed by atoms with van der Waals surface area (Å²) in [5.74, 6) is 0.861. The van der Waals surface area contributed by atoms with Crippen LogP contribution >= 0.6 is 15.9 Å². The number of nitrogens with zero attached hydrogens (tertiary/aromatic N) is 1. The summed E-state index contributed by atoms with van der Waals surface area (Å²) in [4.78, 5) is 23.0. The van der Waals surface area contributed by atoms with Crippen LogP contribution in [0.25, 0.3) is 0 Å². The van der Waals surface area contributed by atoms with Crippen LogP contribution in [0.5, 0.6) is 11.5 Å². The van der Waals surface area contributed by atoms with Crippen molar-refractivity contribution in [2.75, 3.05) is 18.5 Å². The number of nitrogens with one attached hydrogen (secondary N) is 1. The van der Waals surface area contributed by atoms with Gasteiger partial charge in [-0.3, -0.25) is 14.9 Å². The summed E-state index contributed by atoms with van der Waals surface area (Å²) < 4.78 is 11.8. The minimum Gasteiger partial charge on any atom is -0.490 e. The van der Waals surface area contributed by atoms with Crippen molar-refractivity contribution in [2.45, 2.75) is 0 Å². The lowest BCUT2D eigenvalue weighted by Gasteiger charge is -2.11. The fourth-order valence-electron chi connectivity index (χ4n) is 2.52. The summed E-state index contributed by atoms with van der Waals surface area (Å²) in [7, 11) is 0. The van der Waals surface area contributed by atoms with E-state index in [1.54, 1.807) is 24.3 Å². The molecule has 3 aromatic carbocycles. The third-order valence-corrected chi connectivity index (χ3v) is 4.52. The van der Waals surface area contributed by atoms with Crippen molar-refractivity contribution >= 4 is 33.2 Å². The third kappa shape index (κ3) is 5.55. The molecule has 0 saturated heterocycles. The summed E-state index contributed by atoms with van der Waals surface area (Å²) in [6.45, 7) is 0.700. The van der Waals surface area contributed by atoms with Gasteiger partial charge in [0.15, 0.2) is 0 Å². The Balaban J connectivity index is 1.59. The van der Waals surface area contributed by atoms with Gasteiger partial charge in [0, 0.05) is 11.6 Å². The maximum absolute atomic E-state index is 12.5. The van der Waals surface area contributed by atoms with Gasteiger partial charge < -0.3 is 14.8 Å². The molecule has 0 unspecified atom stereocenters. The molecule has 29 heavy (non-hydrogen) atoms. The van der Waals surface area contributed by atoms with Crippen molar-refractivity contribution in [1.82, 2.24) is 0 Å². The van der Waals surface area contributed by atoms with Crippen molar-refractivity contribution in [3.05, 3.63) is 92.9 Å². The van der Waals surface area contributed by atoms with E-state index < -0.39 is 10.8 Å². The minimum absolute atomic E-state index is 0.136. The molecular formula is C21H17BrN2O5. The molecule has 148 valence electrons. The van der Waals surface area contributed by atoms with Crippen molar-refractivity contribution in [2.24, 2.45) is 0 Å². The number of amides is 1. The van der Waals surface area contributed by atoms with Gasteiger partial charge in [0.2, 0.25) is 0 Å². The molecule has 3 rings (SSSR count). The second-order valence-corrected chi connectivity index (χ2v) is 6.74. The van der Waals surface area contributed by atoms with Crippen molar-refractivity contribution in [3.8, 4) is 11.5 Å². The van der Waals surface area contributed by atoms with Crippen LogP contribution in [0, 0.1) is 10.1 Å². The van der Waals surface area contributed by atoms with E-state index in [0.717, 1.165) is 5.75 Å². The van der Waals surface area contributed by atoms with Crippen molar-refractivity contribution in [1.29, 1.82) is 0 Å². The van der Waals surface area contributed by atoms with Gasteiger partial charge >= 0.3 is 0 Å². The number of hydrogen-bond acceptors (Lipinski definition) is 5. The lowest BCUT2D eigenvalue weighted by molar-refractivity contribution is -0.383. The summed E-state index contributed by atoms with van der Waals surface area (Å²) in [6.07, 6.45) is 0. The van der Waals surface area contributed by atoms with E-state index in [1.165, 1.54) is 18.2 Å². The van der Waals surface area contributed by atoms with E-state index in [2.05, 4.69) is 21.2 Å². The number of carbonyl (C=O) groups is 1. The first-order valence-corrected chi connectivity index (χ1v) is 9.49. The summed E-state index contributed by atoms with van der Waals surface area (Å²) in [5, 5.41) is 13.6. The van der Waals surface area contributed by atoms with E-state index in [1.807, 2.05) is 30.3 Å². The maximum atomic E-state index is 12.5. The molecule has 0 aliphatic rings. The Morgan fingerprint density at radius 1 is 0.966 bits per heavy atom. The Kier molecular flexibility index (Phi) is 6.80. The highest BCUT2D eigenvalue weighted by atomic mass is 79.9. The predicted octanol–water partition coefficient (Wildman–Crippen LogP) is 5.07. The van der Waals surface area contributed by atoms with E-state index in [-0.39, 0.29) is 11.4 Å². The number of hydrogen-bond donors (Lipinski definition) is 1. The largest absolute Gasteiger partial charge is 0.490 e. The van der Waals surface area contributed by atoms with Gasteiger partial charge in [-0.15, -0.1) is 0 Å². The minimum atomic E-state index is -0.542. The van der Waals surface area contributed by atoms with E-state index in [0.29, 0.717) is 29.0 Å². The Labute approximate surface area is 175 Å². The second kappa shape index (κ2) is 9.70. The molecule has 8 heteroatoms. The van der Waals surface area contributed by atoms with Gasteiger partial charge in [0.25, 0.3) is 11.6 Å². The van der Waals surface area contributed by atoms with Crippen LogP contribution in [0.3, 0.4) is 0 Å². The number of carbonyl (C=O) groups excluding carboxylic acids is 1. The zero-order valence-electron chi connectivity index (χ0n) is 15.2. The Morgan fingerprint density at radius 3 is 2.38 bits per heavy atom. The molecule has 0 aliphatic heterocycles. The number of para-hydroxylation sites is 3. The van der Waals surface area contributed by atoms with Gasteiger partial charge in [-0.1, -0.05) is 30.3 Å². The van der Waals surface area contributed by atoms with Crippen LogP contribution in [-0.4, -0.2) is 24.0 Å².